The average Bonchev–Trinajstić information content (AvgIpc) is 3.83. The van der Waals surface area contributed by atoms with Crippen LogP contribution in [0.15, 0.2) is 172 Å². The van der Waals surface area contributed by atoms with Crippen LogP contribution in [-0.2, 0) is 5.41 Å². The number of benzene rings is 7. The van der Waals surface area contributed by atoms with Crippen LogP contribution in [0.4, 0.5) is 11.4 Å². The third-order valence-electron chi connectivity index (χ3n) is 11.6. The first-order chi connectivity index (χ1) is 25.5. The predicted octanol–water partition coefficient (Wildman–Crippen LogP) is 13.9. The van der Waals surface area contributed by atoms with Gasteiger partial charge in [-0.15, -0.1) is 0 Å². The number of anilines is 2. The van der Waals surface area contributed by atoms with Crippen molar-refractivity contribution in [2.75, 3.05) is 4.90 Å². The van der Waals surface area contributed by atoms with Crippen molar-refractivity contribution in [3.63, 3.8) is 0 Å². The van der Waals surface area contributed by atoms with E-state index in [1.807, 2.05) is 6.07 Å². The summed E-state index contributed by atoms with van der Waals surface area (Å²) in [6.45, 7) is 4.74. The van der Waals surface area contributed by atoms with Crippen molar-refractivity contribution in [3.05, 3.63) is 174 Å². The maximum absolute atomic E-state index is 6.71. The molecule has 0 fully saturated rings. The molecular formula is C49H35NO2. The van der Waals surface area contributed by atoms with Gasteiger partial charge in [0.2, 0.25) is 0 Å². The molecule has 52 heavy (non-hydrogen) atoms. The molecule has 0 unspecified atom stereocenters. The molecule has 0 aliphatic heterocycles. The van der Waals surface area contributed by atoms with Gasteiger partial charge in [0.1, 0.15) is 16.7 Å². The number of para-hydroxylation sites is 2. The summed E-state index contributed by atoms with van der Waals surface area (Å²) in [6, 6.07) is 52.1. The molecule has 0 atom stereocenters. The van der Waals surface area contributed by atoms with E-state index in [0.717, 1.165) is 68.1 Å². The van der Waals surface area contributed by atoms with Gasteiger partial charge in [-0.2, -0.15) is 0 Å². The maximum atomic E-state index is 6.71. The van der Waals surface area contributed by atoms with E-state index < -0.39 is 0 Å². The third kappa shape index (κ3) is 4.14. The molecule has 2 aromatic heterocycles. The van der Waals surface area contributed by atoms with Gasteiger partial charge in [-0.25, -0.2) is 0 Å². The molecule has 0 N–H and O–H groups in total. The predicted molar refractivity (Wildman–Crippen MR) is 216 cm³/mol. The van der Waals surface area contributed by atoms with Crippen LogP contribution in [0.25, 0.3) is 71.3 Å². The molecule has 248 valence electrons. The Morgan fingerprint density at radius 1 is 0.538 bits per heavy atom. The fourth-order valence-electron chi connectivity index (χ4n) is 9.16. The monoisotopic (exact) mass is 669 g/mol. The van der Waals surface area contributed by atoms with Gasteiger partial charge in [-0.1, -0.05) is 123 Å². The Labute approximate surface area is 301 Å². The highest BCUT2D eigenvalue weighted by atomic mass is 16.3. The lowest BCUT2D eigenvalue weighted by Gasteiger charge is -2.32. The number of rotatable bonds is 4. The van der Waals surface area contributed by atoms with E-state index >= 15 is 0 Å². The fourth-order valence-corrected chi connectivity index (χ4v) is 9.16. The van der Waals surface area contributed by atoms with Gasteiger partial charge >= 0.3 is 0 Å². The Bertz CT molecular complexity index is 2990. The van der Waals surface area contributed by atoms with Crippen LogP contribution in [0.2, 0.25) is 0 Å². The first kappa shape index (κ1) is 29.4. The molecule has 0 spiro atoms. The van der Waals surface area contributed by atoms with E-state index in [1.54, 1.807) is 0 Å². The maximum Gasteiger partial charge on any atom is 0.159 e. The summed E-state index contributed by atoms with van der Waals surface area (Å²) in [5.74, 6) is 0. The summed E-state index contributed by atoms with van der Waals surface area (Å²) < 4.78 is 13.4. The van der Waals surface area contributed by atoms with Gasteiger partial charge in [0.15, 0.2) is 5.58 Å². The van der Waals surface area contributed by atoms with Crippen LogP contribution >= 0.6 is 0 Å². The quantitative estimate of drug-likeness (QED) is 0.187. The highest BCUT2D eigenvalue weighted by molar-refractivity contribution is 6.22. The second kappa shape index (κ2) is 10.8. The Kier molecular flexibility index (Phi) is 6.13. The molecule has 0 amide bonds. The van der Waals surface area contributed by atoms with E-state index in [4.69, 9.17) is 8.83 Å². The molecule has 0 radical (unpaired) electrons. The van der Waals surface area contributed by atoms with Crippen LogP contribution in [0.3, 0.4) is 0 Å². The van der Waals surface area contributed by atoms with Gasteiger partial charge in [0.25, 0.3) is 0 Å². The Hall–Kier alpha value is -6.32. The number of hydrogen-bond donors (Lipinski definition) is 0. The van der Waals surface area contributed by atoms with Gasteiger partial charge in [0.05, 0.1) is 5.69 Å². The van der Waals surface area contributed by atoms with E-state index in [9.17, 15) is 0 Å². The summed E-state index contributed by atoms with van der Waals surface area (Å²) >= 11 is 0. The van der Waals surface area contributed by atoms with Crippen molar-refractivity contribution in [3.8, 4) is 11.1 Å². The summed E-state index contributed by atoms with van der Waals surface area (Å²) in [6.07, 6.45) is 4.37. The number of fused-ring (bicyclic) bond motifs is 10. The summed E-state index contributed by atoms with van der Waals surface area (Å²) in [5.41, 5.74) is 14.9. The minimum Gasteiger partial charge on any atom is -0.456 e. The SMILES string of the molecule is CC1(C)C2=C(CCC(N(c3ccc4oc5cc(-c6ccccc6)c6ccccc6c5c4c3)c3cccc4c3oc3ccccc34)=C2)c2ccccc21. The van der Waals surface area contributed by atoms with E-state index in [-0.39, 0.29) is 5.41 Å². The zero-order chi connectivity index (χ0) is 34.6. The summed E-state index contributed by atoms with van der Waals surface area (Å²) in [4.78, 5) is 2.45. The molecule has 2 heterocycles. The minimum absolute atomic E-state index is 0.0886. The molecule has 3 nitrogen and oxygen atoms in total. The number of allylic oxidation sites excluding steroid dienone is 4. The number of hydrogen-bond acceptors (Lipinski definition) is 3. The minimum atomic E-state index is -0.0886. The molecule has 7 aromatic carbocycles. The van der Waals surface area contributed by atoms with E-state index in [1.165, 1.54) is 49.9 Å². The van der Waals surface area contributed by atoms with Crippen molar-refractivity contribution >= 4 is 71.6 Å². The van der Waals surface area contributed by atoms with Gasteiger partial charge in [-0.3, -0.25) is 0 Å². The lowest BCUT2D eigenvalue weighted by atomic mass is 9.79. The molecule has 0 bridgehead atoms. The highest BCUT2D eigenvalue weighted by Crippen LogP contribution is 2.53. The van der Waals surface area contributed by atoms with Crippen LogP contribution in [0.1, 0.15) is 37.8 Å². The lowest BCUT2D eigenvalue weighted by molar-refractivity contribution is 0.648. The number of furan rings is 2. The molecule has 3 heteroatoms. The average molecular weight is 670 g/mol. The molecule has 0 saturated heterocycles. The molecule has 2 aliphatic carbocycles. The summed E-state index contributed by atoms with van der Waals surface area (Å²) in [7, 11) is 0. The largest absolute Gasteiger partial charge is 0.456 e. The van der Waals surface area contributed by atoms with Crippen LogP contribution in [0, 0.1) is 0 Å². The summed E-state index contributed by atoms with van der Waals surface area (Å²) in [5, 5.41) is 6.91. The number of nitrogens with zero attached hydrogens (tertiary/aromatic N) is 1. The molecule has 0 saturated carbocycles. The standard InChI is InChI=1S/C49H35NO2/c1-49(2)41-20-10-8-16-34(41)35-25-23-32(28-42(35)49)50(43-21-12-19-38-36-17-9-11-22-44(36)52-48(38)43)31-24-26-45-40(27-31)47-37-18-7-6-15-33(37)39(29-46(47)51-45)30-13-4-3-5-14-30/h3-22,24,26-29H,23,25H2,1-2H3. The zero-order valence-corrected chi connectivity index (χ0v) is 29.1. The zero-order valence-electron chi connectivity index (χ0n) is 29.1. The van der Waals surface area contributed by atoms with E-state index in [2.05, 4.69) is 164 Å². The molecule has 2 aliphatic rings. The van der Waals surface area contributed by atoms with Crippen LogP contribution in [-0.4, -0.2) is 0 Å². The first-order valence-electron chi connectivity index (χ1n) is 18.2. The van der Waals surface area contributed by atoms with Crippen LogP contribution < -0.4 is 4.90 Å². The van der Waals surface area contributed by atoms with Gasteiger partial charge in [0, 0.05) is 38.3 Å². The topological polar surface area (TPSA) is 29.5 Å². The van der Waals surface area contributed by atoms with E-state index in [0.29, 0.717) is 0 Å². The second-order valence-corrected chi connectivity index (χ2v) is 14.8. The Morgan fingerprint density at radius 2 is 1.27 bits per heavy atom. The highest BCUT2D eigenvalue weighted by Gasteiger charge is 2.39. The second-order valence-electron chi connectivity index (χ2n) is 14.8. The van der Waals surface area contributed by atoms with Crippen LogP contribution in [0.5, 0.6) is 0 Å². The van der Waals surface area contributed by atoms with Crippen molar-refractivity contribution < 1.29 is 8.83 Å². The van der Waals surface area contributed by atoms with Crippen molar-refractivity contribution in [2.45, 2.75) is 32.1 Å². The van der Waals surface area contributed by atoms with Crippen molar-refractivity contribution in [2.24, 2.45) is 0 Å². The lowest BCUT2D eigenvalue weighted by Crippen LogP contribution is -2.22. The first-order valence-corrected chi connectivity index (χ1v) is 18.2. The molecular weight excluding hydrogens is 635 g/mol. The van der Waals surface area contributed by atoms with Crippen molar-refractivity contribution in [1.82, 2.24) is 0 Å². The normalized spacial score (nSPS) is 15.2. The Morgan fingerprint density at radius 3 is 2.15 bits per heavy atom. The van der Waals surface area contributed by atoms with Crippen molar-refractivity contribution in [1.29, 1.82) is 0 Å². The Balaban J connectivity index is 1.17. The molecule has 11 rings (SSSR count). The van der Waals surface area contributed by atoms with Gasteiger partial charge in [-0.05, 0) is 99.5 Å². The fraction of sp³-hybridized carbons (Fsp3) is 0.102. The smallest absolute Gasteiger partial charge is 0.159 e. The third-order valence-corrected chi connectivity index (χ3v) is 11.6. The van der Waals surface area contributed by atoms with Gasteiger partial charge < -0.3 is 13.7 Å². The molecule has 9 aromatic rings.